The molecule has 1 aliphatic rings. The molecule has 47 heavy (non-hydrogen) atoms. The Morgan fingerprint density at radius 3 is 2.26 bits per heavy atom. The third-order valence-corrected chi connectivity index (χ3v) is 8.42. The normalized spacial score (nSPS) is 16.5. The fraction of sp³-hybridized carbons (Fsp3) is 0.629. The lowest BCUT2D eigenvalue weighted by Gasteiger charge is -2.38. The summed E-state index contributed by atoms with van der Waals surface area (Å²) in [6, 6.07) is 4.29. The smallest absolute Gasteiger partial charge is 0.410 e. The van der Waals surface area contributed by atoms with Crippen molar-refractivity contribution in [2.45, 2.75) is 111 Å². The maximum atomic E-state index is 14.2. The van der Waals surface area contributed by atoms with Gasteiger partial charge < -0.3 is 24.4 Å². The first kappa shape index (κ1) is 37.5. The van der Waals surface area contributed by atoms with Crippen LogP contribution >= 0.6 is 0 Å². The zero-order valence-corrected chi connectivity index (χ0v) is 29.7. The van der Waals surface area contributed by atoms with Gasteiger partial charge in [-0.15, -0.1) is 0 Å². The van der Waals surface area contributed by atoms with Gasteiger partial charge in [0.2, 0.25) is 11.8 Å². The molecule has 0 bridgehead atoms. The van der Waals surface area contributed by atoms with E-state index in [1.165, 1.54) is 24.1 Å². The van der Waals surface area contributed by atoms with Crippen LogP contribution in [0.15, 0.2) is 36.8 Å². The minimum absolute atomic E-state index is 0.135. The second kappa shape index (κ2) is 15.3. The molecular weight excluding hydrogens is 603 g/mol. The SMILES string of the molecule is CC(C)n1cnc(C(=O)N(CCc2ccc(F)cc2)C[C@@H]2CCCN2C(=O)[C@@H](NC(=O)[C@H](C)N(C)C(=O)OC(C)(C)C)C(C)(C)C)c1. The predicted molar refractivity (Wildman–Crippen MR) is 178 cm³/mol. The summed E-state index contributed by atoms with van der Waals surface area (Å²) in [6.07, 6.45) is 4.68. The Hall–Kier alpha value is -3.96. The van der Waals surface area contributed by atoms with Crippen molar-refractivity contribution in [3.05, 3.63) is 53.9 Å². The Morgan fingerprint density at radius 1 is 1.06 bits per heavy atom. The van der Waals surface area contributed by atoms with Gasteiger partial charge in [0.1, 0.15) is 29.2 Å². The first-order valence-electron chi connectivity index (χ1n) is 16.4. The lowest BCUT2D eigenvalue weighted by atomic mass is 9.85. The van der Waals surface area contributed by atoms with Gasteiger partial charge in [-0.25, -0.2) is 14.2 Å². The number of ether oxygens (including phenoxy) is 1. The van der Waals surface area contributed by atoms with Crippen molar-refractivity contribution in [3.8, 4) is 0 Å². The van der Waals surface area contributed by atoms with Crippen molar-refractivity contribution in [3.63, 3.8) is 0 Å². The molecule has 0 radical (unpaired) electrons. The molecule has 2 heterocycles. The number of carbonyl (C=O) groups excluding carboxylic acids is 4. The average Bonchev–Trinajstić information content (AvgIpc) is 3.66. The van der Waals surface area contributed by atoms with Gasteiger partial charge in [0.25, 0.3) is 5.91 Å². The van der Waals surface area contributed by atoms with E-state index in [0.29, 0.717) is 31.6 Å². The first-order valence-corrected chi connectivity index (χ1v) is 16.4. The summed E-state index contributed by atoms with van der Waals surface area (Å²) in [7, 11) is 1.49. The summed E-state index contributed by atoms with van der Waals surface area (Å²) < 4.78 is 20.8. The lowest BCUT2D eigenvalue weighted by Crippen LogP contribution is -2.59. The quantitative estimate of drug-likeness (QED) is 0.361. The molecular formula is C35H53FN6O5. The number of amides is 4. The van der Waals surface area contributed by atoms with Crippen molar-refractivity contribution in [2.24, 2.45) is 5.41 Å². The highest BCUT2D eigenvalue weighted by Crippen LogP contribution is 2.27. The second-order valence-electron chi connectivity index (χ2n) is 14.8. The number of imidazole rings is 1. The van der Waals surface area contributed by atoms with E-state index in [9.17, 15) is 23.6 Å². The molecule has 0 unspecified atom stereocenters. The van der Waals surface area contributed by atoms with Crippen LogP contribution in [-0.4, -0.2) is 98.5 Å². The van der Waals surface area contributed by atoms with E-state index in [1.54, 1.807) is 62.2 Å². The molecule has 3 rings (SSSR count). The Morgan fingerprint density at radius 2 is 1.70 bits per heavy atom. The van der Waals surface area contributed by atoms with Gasteiger partial charge in [-0.05, 0) is 83.9 Å². The Balaban J connectivity index is 1.81. The van der Waals surface area contributed by atoms with Gasteiger partial charge >= 0.3 is 6.09 Å². The van der Waals surface area contributed by atoms with Gasteiger partial charge in [-0.1, -0.05) is 32.9 Å². The van der Waals surface area contributed by atoms with Gasteiger partial charge in [-0.3, -0.25) is 19.3 Å². The van der Waals surface area contributed by atoms with E-state index >= 15 is 0 Å². The highest BCUT2D eigenvalue weighted by atomic mass is 19.1. The van der Waals surface area contributed by atoms with E-state index in [0.717, 1.165) is 12.0 Å². The number of rotatable bonds is 11. The summed E-state index contributed by atoms with van der Waals surface area (Å²) in [5.74, 6) is -1.28. The number of nitrogens with one attached hydrogen (secondary N) is 1. The molecule has 1 saturated heterocycles. The zero-order chi connectivity index (χ0) is 35.3. The Labute approximate surface area is 278 Å². The number of nitrogens with zero attached hydrogens (tertiary/aromatic N) is 5. The maximum Gasteiger partial charge on any atom is 0.410 e. The summed E-state index contributed by atoms with van der Waals surface area (Å²) >= 11 is 0. The number of aromatic nitrogens is 2. The van der Waals surface area contributed by atoms with Gasteiger partial charge in [0.15, 0.2) is 0 Å². The molecule has 11 nitrogen and oxygen atoms in total. The monoisotopic (exact) mass is 656 g/mol. The summed E-state index contributed by atoms with van der Waals surface area (Å²) in [4.78, 5) is 63.1. The number of halogens is 1. The van der Waals surface area contributed by atoms with Crippen LogP contribution in [0, 0.1) is 11.2 Å². The molecule has 3 atom stereocenters. The molecule has 0 aliphatic carbocycles. The molecule has 1 N–H and O–H groups in total. The summed E-state index contributed by atoms with van der Waals surface area (Å²) in [5, 5.41) is 2.92. The van der Waals surface area contributed by atoms with Crippen molar-refractivity contribution in [1.82, 2.24) is 29.6 Å². The van der Waals surface area contributed by atoms with Crippen molar-refractivity contribution >= 4 is 23.8 Å². The molecule has 1 aromatic heterocycles. The first-order chi connectivity index (χ1) is 21.8. The molecule has 1 aliphatic heterocycles. The van der Waals surface area contributed by atoms with Crippen LogP contribution < -0.4 is 5.32 Å². The third-order valence-electron chi connectivity index (χ3n) is 8.42. The van der Waals surface area contributed by atoms with E-state index in [1.807, 2.05) is 39.2 Å². The Bertz CT molecular complexity index is 1390. The fourth-order valence-electron chi connectivity index (χ4n) is 5.40. The van der Waals surface area contributed by atoms with Crippen molar-refractivity contribution in [2.75, 3.05) is 26.7 Å². The largest absolute Gasteiger partial charge is 0.444 e. The standard InChI is InChI=1S/C35H53FN6O5/c1-23(2)41-21-28(37-22-41)31(44)40(19-17-25-13-15-26(36)16-14-25)20-27-12-11-18-42(27)32(45)29(34(4,5)6)38-30(43)24(3)39(10)33(46)47-35(7,8)9/h13-16,21-24,27,29H,11-12,17-20H2,1-10H3,(H,38,43)/t24-,27-,29+/m0/s1. The molecule has 4 amide bonds. The second-order valence-corrected chi connectivity index (χ2v) is 14.8. The van der Waals surface area contributed by atoms with Crippen LogP contribution in [0.1, 0.15) is 97.2 Å². The molecule has 0 spiro atoms. The Kier molecular flexibility index (Phi) is 12.2. The maximum absolute atomic E-state index is 14.2. The van der Waals surface area contributed by atoms with Gasteiger partial charge in [0.05, 0.1) is 6.33 Å². The molecule has 12 heteroatoms. The number of hydrogen-bond acceptors (Lipinski definition) is 6. The van der Waals surface area contributed by atoms with Crippen molar-refractivity contribution < 1.29 is 28.3 Å². The minimum atomic E-state index is -0.887. The number of hydrogen-bond donors (Lipinski definition) is 1. The summed E-state index contributed by atoms with van der Waals surface area (Å²) in [6.45, 7) is 17.6. The van der Waals surface area contributed by atoms with Crippen LogP contribution in [0.25, 0.3) is 0 Å². The van der Waals surface area contributed by atoms with Crippen LogP contribution in [-0.2, 0) is 20.7 Å². The third kappa shape index (κ3) is 10.3. The van der Waals surface area contributed by atoms with Crippen molar-refractivity contribution in [1.29, 1.82) is 0 Å². The number of likely N-dealkylation sites (tertiary alicyclic amines) is 1. The van der Waals surface area contributed by atoms with Gasteiger partial charge in [-0.2, -0.15) is 0 Å². The molecule has 1 aromatic carbocycles. The van der Waals surface area contributed by atoms with E-state index in [4.69, 9.17) is 4.74 Å². The number of likely N-dealkylation sites (N-methyl/N-ethyl adjacent to an activating group) is 1. The lowest BCUT2D eigenvalue weighted by molar-refractivity contribution is -0.141. The number of carbonyl (C=O) groups is 4. The average molecular weight is 657 g/mol. The van der Waals surface area contributed by atoms with Gasteiger partial charge in [0, 0.05) is 45.0 Å². The highest BCUT2D eigenvalue weighted by molar-refractivity contribution is 5.93. The molecule has 2 aromatic rings. The van der Waals surface area contributed by atoms with Crippen LogP contribution in [0.5, 0.6) is 0 Å². The minimum Gasteiger partial charge on any atom is -0.444 e. The molecule has 0 saturated carbocycles. The van der Waals surface area contributed by atoms with E-state index in [-0.39, 0.29) is 36.3 Å². The van der Waals surface area contributed by atoms with Crippen LogP contribution in [0.2, 0.25) is 0 Å². The highest BCUT2D eigenvalue weighted by Gasteiger charge is 2.41. The number of benzene rings is 1. The van der Waals surface area contributed by atoms with E-state index in [2.05, 4.69) is 10.3 Å². The summed E-state index contributed by atoms with van der Waals surface area (Å²) in [5.41, 5.74) is -0.168. The predicted octanol–water partition coefficient (Wildman–Crippen LogP) is 5.07. The molecule has 1 fully saturated rings. The zero-order valence-electron chi connectivity index (χ0n) is 29.7. The fourth-order valence-corrected chi connectivity index (χ4v) is 5.40. The molecule has 260 valence electrons. The topological polar surface area (TPSA) is 117 Å². The van der Waals surface area contributed by atoms with Crippen LogP contribution in [0.4, 0.5) is 9.18 Å². The van der Waals surface area contributed by atoms with E-state index < -0.39 is 35.1 Å². The van der Waals surface area contributed by atoms with Crippen LogP contribution in [0.3, 0.4) is 0 Å².